The molecule has 2 atom stereocenters. The minimum absolute atomic E-state index is 0.0455. The van der Waals surface area contributed by atoms with Crippen LogP contribution in [0.1, 0.15) is 37.3 Å². The molecule has 3 rings (SSSR count). The monoisotopic (exact) mass is 294 g/mol. The van der Waals surface area contributed by atoms with Gasteiger partial charge in [-0.25, -0.2) is 4.39 Å². The first kappa shape index (κ1) is 13.9. The van der Waals surface area contributed by atoms with Crippen LogP contribution < -0.4 is 10.6 Å². The van der Waals surface area contributed by atoms with E-state index in [4.69, 9.17) is 0 Å². The number of carbonyl (C=O) groups is 1. The van der Waals surface area contributed by atoms with Crippen LogP contribution in [0.25, 0.3) is 0 Å². The van der Waals surface area contributed by atoms with Crippen molar-refractivity contribution in [2.45, 2.75) is 42.7 Å². The first-order chi connectivity index (χ1) is 9.74. The Hall–Kier alpha value is -1.07. The Labute approximate surface area is 122 Å². The van der Waals surface area contributed by atoms with Crippen LogP contribution >= 0.6 is 11.8 Å². The quantitative estimate of drug-likeness (QED) is 0.900. The lowest BCUT2D eigenvalue weighted by Crippen LogP contribution is -2.35. The molecule has 5 heteroatoms. The molecule has 0 radical (unpaired) electrons. The molecule has 0 bridgehead atoms. The van der Waals surface area contributed by atoms with Crippen molar-refractivity contribution in [3.05, 3.63) is 29.6 Å². The van der Waals surface area contributed by atoms with E-state index in [1.165, 1.54) is 6.07 Å². The molecule has 2 heterocycles. The van der Waals surface area contributed by atoms with Crippen molar-refractivity contribution in [3.63, 3.8) is 0 Å². The molecule has 20 heavy (non-hydrogen) atoms. The molecule has 2 N–H and O–H groups in total. The highest BCUT2D eigenvalue weighted by atomic mass is 32.2. The molecule has 0 spiro atoms. The normalized spacial score (nSPS) is 25.2. The number of fused-ring (bicyclic) bond motifs is 1. The molecule has 1 amide bonds. The van der Waals surface area contributed by atoms with Gasteiger partial charge in [-0.05, 0) is 37.4 Å². The standard InChI is InChI=1S/C15H19FN2OS/c16-12-5-1-4-11-13(6-8-20-15(11)12)18-14(19)9-10-3-2-7-17-10/h1,4-5,10,13,17H,2-3,6-9H2,(H,18,19). The van der Waals surface area contributed by atoms with Crippen LogP contribution in [-0.4, -0.2) is 24.2 Å². The van der Waals surface area contributed by atoms with Crippen molar-refractivity contribution in [1.29, 1.82) is 0 Å². The topological polar surface area (TPSA) is 41.1 Å². The van der Waals surface area contributed by atoms with Crippen molar-refractivity contribution in [1.82, 2.24) is 10.6 Å². The molecule has 2 unspecified atom stereocenters. The number of carbonyl (C=O) groups excluding carboxylic acids is 1. The van der Waals surface area contributed by atoms with Crippen molar-refractivity contribution in [3.8, 4) is 0 Å². The molecule has 1 saturated heterocycles. The SMILES string of the molecule is O=C(CC1CCCN1)NC1CCSc2c(F)cccc21. The molecule has 3 nitrogen and oxygen atoms in total. The third kappa shape index (κ3) is 2.99. The summed E-state index contributed by atoms with van der Waals surface area (Å²) in [4.78, 5) is 12.8. The van der Waals surface area contributed by atoms with E-state index >= 15 is 0 Å². The summed E-state index contributed by atoms with van der Waals surface area (Å²) in [7, 11) is 0. The molecular formula is C15H19FN2OS. The number of benzene rings is 1. The molecule has 0 aromatic heterocycles. The van der Waals surface area contributed by atoms with Crippen LogP contribution in [-0.2, 0) is 4.79 Å². The largest absolute Gasteiger partial charge is 0.349 e. The highest BCUT2D eigenvalue weighted by molar-refractivity contribution is 7.99. The van der Waals surface area contributed by atoms with E-state index in [2.05, 4.69) is 10.6 Å². The minimum Gasteiger partial charge on any atom is -0.349 e. The average Bonchev–Trinajstić information content (AvgIpc) is 2.93. The predicted molar refractivity (Wildman–Crippen MR) is 78.3 cm³/mol. The van der Waals surface area contributed by atoms with Crippen molar-refractivity contribution < 1.29 is 9.18 Å². The van der Waals surface area contributed by atoms with Crippen LogP contribution in [0.4, 0.5) is 4.39 Å². The Morgan fingerprint density at radius 1 is 1.45 bits per heavy atom. The second-order valence-corrected chi connectivity index (χ2v) is 6.52. The molecule has 108 valence electrons. The smallest absolute Gasteiger partial charge is 0.222 e. The zero-order valence-electron chi connectivity index (χ0n) is 11.3. The predicted octanol–water partition coefficient (Wildman–Crippen LogP) is 2.62. The first-order valence-electron chi connectivity index (χ1n) is 7.18. The Bertz CT molecular complexity index is 503. The van der Waals surface area contributed by atoms with Crippen molar-refractivity contribution in [2.24, 2.45) is 0 Å². The Morgan fingerprint density at radius 3 is 3.15 bits per heavy atom. The number of amides is 1. The third-order valence-electron chi connectivity index (χ3n) is 3.96. The maximum absolute atomic E-state index is 13.8. The fourth-order valence-electron chi connectivity index (χ4n) is 2.94. The van der Waals surface area contributed by atoms with E-state index < -0.39 is 0 Å². The molecular weight excluding hydrogens is 275 g/mol. The number of nitrogens with one attached hydrogen (secondary N) is 2. The van der Waals surface area contributed by atoms with Crippen LogP contribution in [0, 0.1) is 5.82 Å². The van der Waals surface area contributed by atoms with Crippen molar-refractivity contribution in [2.75, 3.05) is 12.3 Å². The number of rotatable bonds is 3. The zero-order valence-corrected chi connectivity index (χ0v) is 12.1. The average molecular weight is 294 g/mol. The Morgan fingerprint density at radius 2 is 2.35 bits per heavy atom. The molecule has 2 aliphatic heterocycles. The van der Waals surface area contributed by atoms with E-state index in [0.29, 0.717) is 17.4 Å². The molecule has 0 saturated carbocycles. The van der Waals surface area contributed by atoms with Gasteiger partial charge in [-0.15, -0.1) is 11.8 Å². The maximum Gasteiger partial charge on any atom is 0.222 e. The highest BCUT2D eigenvalue weighted by Gasteiger charge is 2.25. The van der Waals surface area contributed by atoms with Gasteiger partial charge in [0.25, 0.3) is 0 Å². The molecule has 1 fully saturated rings. The van der Waals surface area contributed by atoms with Crippen LogP contribution in [0.3, 0.4) is 0 Å². The Balaban J connectivity index is 1.66. The number of hydrogen-bond donors (Lipinski definition) is 2. The van der Waals surface area contributed by atoms with Gasteiger partial charge in [0.2, 0.25) is 5.91 Å². The van der Waals surface area contributed by atoms with Gasteiger partial charge in [-0.1, -0.05) is 12.1 Å². The first-order valence-corrected chi connectivity index (χ1v) is 8.16. The molecule has 1 aromatic carbocycles. The van der Waals surface area contributed by atoms with E-state index in [-0.39, 0.29) is 17.8 Å². The van der Waals surface area contributed by atoms with Crippen LogP contribution in [0.5, 0.6) is 0 Å². The van der Waals surface area contributed by atoms with Crippen LogP contribution in [0.2, 0.25) is 0 Å². The molecule has 1 aromatic rings. The summed E-state index contributed by atoms with van der Waals surface area (Å²) in [5.41, 5.74) is 0.925. The van der Waals surface area contributed by atoms with Gasteiger partial charge < -0.3 is 10.6 Å². The van der Waals surface area contributed by atoms with E-state index in [1.54, 1.807) is 17.8 Å². The number of halogens is 1. The summed E-state index contributed by atoms with van der Waals surface area (Å²) in [5.74, 6) is 0.737. The van der Waals surface area contributed by atoms with Gasteiger partial charge in [-0.2, -0.15) is 0 Å². The van der Waals surface area contributed by atoms with Crippen molar-refractivity contribution >= 4 is 17.7 Å². The van der Waals surface area contributed by atoms with Gasteiger partial charge >= 0.3 is 0 Å². The minimum atomic E-state index is -0.177. The Kier molecular flexibility index (Phi) is 4.27. The summed E-state index contributed by atoms with van der Waals surface area (Å²) in [6.45, 7) is 1.01. The van der Waals surface area contributed by atoms with Crippen LogP contribution in [0.15, 0.2) is 23.1 Å². The second kappa shape index (κ2) is 6.14. The lowest BCUT2D eigenvalue weighted by molar-refractivity contribution is -0.122. The van der Waals surface area contributed by atoms with E-state index in [9.17, 15) is 9.18 Å². The molecule has 0 aliphatic carbocycles. The number of hydrogen-bond acceptors (Lipinski definition) is 3. The zero-order chi connectivity index (χ0) is 13.9. The van der Waals surface area contributed by atoms with E-state index in [0.717, 1.165) is 37.1 Å². The fourth-order valence-corrected chi connectivity index (χ4v) is 4.09. The summed E-state index contributed by atoms with van der Waals surface area (Å²) in [6.07, 6.45) is 3.60. The van der Waals surface area contributed by atoms with Gasteiger partial charge in [0.15, 0.2) is 0 Å². The maximum atomic E-state index is 13.8. The van der Waals surface area contributed by atoms with E-state index in [1.807, 2.05) is 6.07 Å². The molecule has 2 aliphatic rings. The van der Waals surface area contributed by atoms with Gasteiger partial charge in [-0.3, -0.25) is 4.79 Å². The highest BCUT2D eigenvalue weighted by Crippen LogP contribution is 2.37. The van der Waals surface area contributed by atoms with Gasteiger partial charge in [0.05, 0.1) is 6.04 Å². The third-order valence-corrected chi connectivity index (χ3v) is 5.11. The van der Waals surface area contributed by atoms with Gasteiger partial charge in [0, 0.05) is 23.1 Å². The summed E-state index contributed by atoms with van der Waals surface area (Å²) in [6, 6.07) is 5.38. The lowest BCUT2D eigenvalue weighted by atomic mass is 10.0. The summed E-state index contributed by atoms with van der Waals surface area (Å²) in [5, 5.41) is 6.40. The summed E-state index contributed by atoms with van der Waals surface area (Å²) >= 11 is 1.54. The summed E-state index contributed by atoms with van der Waals surface area (Å²) < 4.78 is 13.8. The lowest BCUT2D eigenvalue weighted by Gasteiger charge is -2.26. The van der Waals surface area contributed by atoms with Gasteiger partial charge in [0.1, 0.15) is 5.82 Å². The number of thioether (sulfide) groups is 1. The fraction of sp³-hybridized carbons (Fsp3) is 0.533. The second-order valence-electron chi connectivity index (χ2n) is 5.41.